The molecule has 96 valence electrons. The van der Waals surface area contributed by atoms with Crippen molar-refractivity contribution in [3.05, 3.63) is 46.4 Å². The Kier molecular flexibility index (Phi) is 2.88. The van der Waals surface area contributed by atoms with Crippen molar-refractivity contribution in [1.82, 2.24) is 9.55 Å². The molecule has 0 bridgehead atoms. The molecule has 0 unspecified atom stereocenters. The van der Waals surface area contributed by atoms with Crippen LogP contribution in [-0.2, 0) is 7.05 Å². The van der Waals surface area contributed by atoms with Gasteiger partial charge in [0.25, 0.3) is 0 Å². The summed E-state index contributed by atoms with van der Waals surface area (Å²) in [6, 6.07) is 11.0. The molecule has 0 atom stereocenters. The zero-order valence-corrected chi connectivity index (χ0v) is 11.7. The number of nitrogens with two attached hydrogens (primary N) is 1. The van der Waals surface area contributed by atoms with E-state index >= 15 is 0 Å². The molecule has 3 rings (SSSR count). The number of nitrogen functional groups attached to an aromatic ring is 1. The number of hydrogen-bond donors (Lipinski definition) is 1. The molecule has 0 aliphatic rings. The first-order valence-corrected chi connectivity index (χ1v) is 6.48. The van der Waals surface area contributed by atoms with E-state index in [4.69, 9.17) is 28.9 Å². The molecular weight excluding hydrogens is 281 g/mol. The Hall–Kier alpha value is -1.71. The van der Waals surface area contributed by atoms with Crippen molar-refractivity contribution in [3.8, 4) is 11.4 Å². The summed E-state index contributed by atoms with van der Waals surface area (Å²) in [5, 5.41) is 1.28. The van der Waals surface area contributed by atoms with E-state index in [0.717, 1.165) is 22.4 Å². The van der Waals surface area contributed by atoms with Crippen LogP contribution < -0.4 is 5.73 Å². The fraction of sp³-hybridized carbons (Fsp3) is 0.0714. The summed E-state index contributed by atoms with van der Waals surface area (Å²) in [6.07, 6.45) is 0. The van der Waals surface area contributed by atoms with Gasteiger partial charge in [-0.3, -0.25) is 0 Å². The topological polar surface area (TPSA) is 43.8 Å². The third-order valence-corrected chi connectivity index (χ3v) is 3.47. The van der Waals surface area contributed by atoms with Crippen LogP contribution in [0.2, 0.25) is 10.0 Å². The smallest absolute Gasteiger partial charge is 0.140 e. The third-order valence-electron chi connectivity index (χ3n) is 3.02. The molecule has 3 nitrogen and oxygen atoms in total. The Morgan fingerprint density at radius 2 is 1.84 bits per heavy atom. The van der Waals surface area contributed by atoms with Gasteiger partial charge in [-0.25, -0.2) is 4.98 Å². The van der Waals surface area contributed by atoms with Gasteiger partial charge < -0.3 is 10.3 Å². The first-order valence-electron chi connectivity index (χ1n) is 5.73. The van der Waals surface area contributed by atoms with Crippen LogP contribution in [0.3, 0.4) is 0 Å². The Balaban J connectivity index is 2.27. The van der Waals surface area contributed by atoms with Crippen LogP contribution in [0.1, 0.15) is 0 Å². The molecule has 0 aliphatic carbocycles. The molecule has 3 aromatic rings. The highest BCUT2D eigenvalue weighted by Gasteiger charge is 2.11. The number of hydrogen-bond acceptors (Lipinski definition) is 2. The molecule has 2 aromatic carbocycles. The standard InChI is InChI=1S/C14H11Cl2N3/c1-19-13-7-9(15)2-3-12(13)18-14(19)8-4-10(16)6-11(17)5-8/h2-7H,17H2,1H3. The second-order valence-electron chi connectivity index (χ2n) is 4.40. The average molecular weight is 292 g/mol. The predicted molar refractivity (Wildman–Crippen MR) is 80.6 cm³/mol. The number of aryl methyl sites for hydroxylation is 1. The van der Waals surface area contributed by atoms with Crippen LogP contribution in [0.5, 0.6) is 0 Å². The number of anilines is 1. The van der Waals surface area contributed by atoms with Gasteiger partial charge in [-0.15, -0.1) is 0 Å². The largest absolute Gasteiger partial charge is 0.399 e. The Morgan fingerprint density at radius 3 is 2.58 bits per heavy atom. The van der Waals surface area contributed by atoms with Crippen molar-refractivity contribution in [2.24, 2.45) is 7.05 Å². The lowest BCUT2D eigenvalue weighted by atomic mass is 10.2. The molecule has 0 saturated carbocycles. The van der Waals surface area contributed by atoms with E-state index in [1.54, 1.807) is 6.07 Å². The number of nitrogens with zero attached hydrogens (tertiary/aromatic N) is 2. The van der Waals surface area contributed by atoms with Crippen molar-refractivity contribution in [2.45, 2.75) is 0 Å². The number of fused-ring (bicyclic) bond motifs is 1. The van der Waals surface area contributed by atoms with E-state index in [0.29, 0.717) is 15.7 Å². The van der Waals surface area contributed by atoms with E-state index in [2.05, 4.69) is 4.98 Å². The lowest BCUT2D eigenvalue weighted by molar-refractivity contribution is 0.959. The highest BCUT2D eigenvalue weighted by Crippen LogP contribution is 2.29. The van der Waals surface area contributed by atoms with Crippen LogP contribution in [0, 0.1) is 0 Å². The van der Waals surface area contributed by atoms with Gasteiger partial charge in [-0.2, -0.15) is 0 Å². The molecule has 1 aromatic heterocycles. The molecule has 0 saturated heterocycles. The molecule has 19 heavy (non-hydrogen) atoms. The van der Waals surface area contributed by atoms with Gasteiger partial charge in [-0.05, 0) is 36.4 Å². The molecule has 0 aliphatic heterocycles. The van der Waals surface area contributed by atoms with E-state index in [1.807, 2.05) is 41.9 Å². The number of benzene rings is 2. The molecule has 1 heterocycles. The van der Waals surface area contributed by atoms with E-state index in [-0.39, 0.29) is 0 Å². The fourth-order valence-corrected chi connectivity index (χ4v) is 2.57. The van der Waals surface area contributed by atoms with Gasteiger partial charge in [0, 0.05) is 28.3 Å². The van der Waals surface area contributed by atoms with Crippen LogP contribution in [-0.4, -0.2) is 9.55 Å². The van der Waals surface area contributed by atoms with Gasteiger partial charge in [0.15, 0.2) is 0 Å². The van der Waals surface area contributed by atoms with Gasteiger partial charge >= 0.3 is 0 Å². The van der Waals surface area contributed by atoms with E-state index in [9.17, 15) is 0 Å². The molecule has 0 radical (unpaired) electrons. The van der Waals surface area contributed by atoms with Crippen molar-refractivity contribution in [3.63, 3.8) is 0 Å². The maximum atomic E-state index is 6.04. The van der Waals surface area contributed by atoms with Gasteiger partial charge in [0.2, 0.25) is 0 Å². The molecule has 0 fully saturated rings. The molecule has 0 amide bonds. The van der Waals surface area contributed by atoms with Crippen molar-refractivity contribution < 1.29 is 0 Å². The third kappa shape index (κ3) is 2.15. The highest BCUT2D eigenvalue weighted by atomic mass is 35.5. The predicted octanol–water partition coefficient (Wildman–Crippen LogP) is 4.13. The van der Waals surface area contributed by atoms with Crippen LogP contribution >= 0.6 is 23.2 Å². The zero-order valence-electron chi connectivity index (χ0n) is 10.2. The second kappa shape index (κ2) is 4.44. The molecular formula is C14H11Cl2N3. The number of halogens is 2. The Bertz CT molecular complexity index is 757. The number of aromatic nitrogens is 2. The average Bonchev–Trinajstić information content (AvgIpc) is 2.66. The van der Waals surface area contributed by atoms with E-state index < -0.39 is 0 Å². The monoisotopic (exact) mass is 291 g/mol. The minimum Gasteiger partial charge on any atom is -0.399 e. The summed E-state index contributed by atoms with van der Waals surface area (Å²) in [7, 11) is 1.94. The molecule has 5 heteroatoms. The minimum absolute atomic E-state index is 0.597. The summed E-state index contributed by atoms with van der Waals surface area (Å²) in [5.41, 5.74) is 9.19. The first-order chi connectivity index (χ1) is 9.04. The SMILES string of the molecule is Cn1c(-c2cc(N)cc(Cl)c2)nc2ccc(Cl)cc21. The number of imidazole rings is 1. The summed E-state index contributed by atoms with van der Waals surface area (Å²) >= 11 is 12.1. The maximum absolute atomic E-state index is 6.04. The summed E-state index contributed by atoms with van der Waals surface area (Å²) in [5.74, 6) is 0.812. The Labute approximate surface area is 120 Å². The van der Waals surface area contributed by atoms with Crippen molar-refractivity contribution in [2.75, 3.05) is 5.73 Å². The molecule has 2 N–H and O–H groups in total. The van der Waals surface area contributed by atoms with Crippen molar-refractivity contribution in [1.29, 1.82) is 0 Å². The van der Waals surface area contributed by atoms with Crippen LogP contribution in [0.15, 0.2) is 36.4 Å². The summed E-state index contributed by atoms with van der Waals surface area (Å²) in [4.78, 5) is 4.60. The zero-order chi connectivity index (χ0) is 13.6. The van der Waals surface area contributed by atoms with Gasteiger partial charge in [0.05, 0.1) is 11.0 Å². The summed E-state index contributed by atoms with van der Waals surface area (Å²) < 4.78 is 1.98. The Morgan fingerprint density at radius 1 is 1.05 bits per heavy atom. The quantitative estimate of drug-likeness (QED) is 0.685. The van der Waals surface area contributed by atoms with Gasteiger partial charge in [-0.1, -0.05) is 23.2 Å². The minimum atomic E-state index is 0.597. The van der Waals surface area contributed by atoms with Gasteiger partial charge in [0.1, 0.15) is 5.82 Å². The van der Waals surface area contributed by atoms with Crippen LogP contribution in [0.4, 0.5) is 5.69 Å². The second-order valence-corrected chi connectivity index (χ2v) is 5.27. The fourth-order valence-electron chi connectivity index (χ4n) is 2.16. The number of rotatable bonds is 1. The first kappa shape index (κ1) is 12.3. The maximum Gasteiger partial charge on any atom is 0.140 e. The molecule has 0 spiro atoms. The lowest BCUT2D eigenvalue weighted by Gasteiger charge is -2.04. The van der Waals surface area contributed by atoms with Crippen molar-refractivity contribution >= 4 is 39.9 Å². The van der Waals surface area contributed by atoms with Crippen LogP contribution in [0.25, 0.3) is 22.4 Å². The normalized spacial score (nSPS) is 11.1. The summed E-state index contributed by atoms with van der Waals surface area (Å²) in [6.45, 7) is 0. The highest BCUT2D eigenvalue weighted by molar-refractivity contribution is 6.31. The lowest BCUT2D eigenvalue weighted by Crippen LogP contribution is -1.94. The van der Waals surface area contributed by atoms with E-state index in [1.165, 1.54) is 0 Å².